The van der Waals surface area contributed by atoms with Gasteiger partial charge >= 0.3 is 0 Å². The van der Waals surface area contributed by atoms with Gasteiger partial charge in [0.15, 0.2) is 0 Å². The minimum Gasteiger partial charge on any atom is -0.326 e. The molecule has 0 spiro atoms. The second-order valence-corrected chi connectivity index (χ2v) is 5.50. The van der Waals surface area contributed by atoms with Crippen LogP contribution in [0.25, 0.3) is 10.9 Å². The summed E-state index contributed by atoms with van der Waals surface area (Å²) in [5.41, 5.74) is 9.85. The maximum atomic E-state index is 6.05. The van der Waals surface area contributed by atoms with Gasteiger partial charge in [0.2, 0.25) is 0 Å². The Labute approximate surface area is 107 Å². The van der Waals surface area contributed by atoms with Crippen molar-refractivity contribution < 1.29 is 0 Å². The molecular formula is C14H20N4. The SMILES string of the molecule is Cc1cc2cn[nH]c2cc1C1CC(C)C(N)CN1. The number of nitrogens with one attached hydrogen (secondary N) is 2. The monoisotopic (exact) mass is 244 g/mol. The molecule has 1 saturated heterocycles. The molecule has 96 valence electrons. The Morgan fingerprint density at radius 3 is 3.00 bits per heavy atom. The van der Waals surface area contributed by atoms with E-state index >= 15 is 0 Å². The van der Waals surface area contributed by atoms with Crippen molar-refractivity contribution in [3.8, 4) is 0 Å². The number of piperidine rings is 1. The fourth-order valence-corrected chi connectivity index (χ4v) is 2.84. The highest BCUT2D eigenvalue weighted by atomic mass is 15.1. The maximum absolute atomic E-state index is 6.05. The molecule has 1 fully saturated rings. The van der Waals surface area contributed by atoms with E-state index in [4.69, 9.17) is 5.73 Å². The van der Waals surface area contributed by atoms with Crippen LogP contribution in [0.5, 0.6) is 0 Å². The van der Waals surface area contributed by atoms with Crippen LogP contribution in [0.3, 0.4) is 0 Å². The molecule has 1 aromatic heterocycles. The molecule has 0 radical (unpaired) electrons. The highest BCUT2D eigenvalue weighted by Crippen LogP contribution is 2.30. The molecule has 3 rings (SSSR count). The predicted octanol–water partition coefficient (Wildman–Crippen LogP) is 1.87. The van der Waals surface area contributed by atoms with Crippen LogP contribution in [-0.2, 0) is 0 Å². The van der Waals surface area contributed by atoms with Crippen molar-refractivity contribution in [3.05, 3.63) is 29.5 Å². The van der Waals surface area contributed by atoms with E-state index in [9.17, 15) is 0 Å². The molecule has 3 atom stereocenters. The van der Waals surface area contributed by atoms with E-state index in [0.717, 1.165) is 18.5 Å². The zero-order valence-electron chi connectivity index (χ0n) is 10.9. The van der Waals surface area contributed by atoms with Gasteiger partial charge in [0.05, 0.1) is 11.7 Å². The molecule has 0 bridgehead atoms. The van der Waals surface area contributed by atoms with Gasteiger partial charge in [-0.3, -0.25) is 5.10 Å². The van der Waals surface area contributed by atoms with Crippen molar-refractivity contribution in [2.24, 2.45) is 11.7 Å². The molecule has 4 nitrogen and oxygen atoms in total. The largest absolute Gasteiger partial charge is 0.326 e. The number of aryl methyl sites for hydroxylation is 1. The summed E-state index contributed by atoms with van der Waals surface area (Å²) in [7, 11) is 0. The Hall–Kier alpha value is -1.39. The molecule has 4 heteroatoms. The molecule has 18 heavy (non-hydrogen) atoms. The lowest BCUT2D eigenvalue weighted by molar-refractivity contribution is 0.285. The minimum absolute atomic E-state index is 0.275. The van der Waals surface area contributed by atoms with E-state index < -0.39 is 0 Å². The molecule has 0 aliphatic carbocycles. The zero-order valence-corrected chi connectivity index (χ0v) is 10.9. The highest BCUT2D eigenvalue weighted by Gasteiger charge is 2.26. The number of hydrogen-bond acceptors (Lipinski definition) is 3. The number of aromatic nitrogens is 2. The van der Waals surface area contributed by atoms with Crippen LogP contribution >= 0.6 is 0 Å². The normalized spacial score (nSPS) is 28.7. The van der Waals surface area contributed by atoms with E-state index in [2.05, 4.69) is 41.5 Å². The van der Waals surface area contributed by atoms with Crippen molar-refractivity contribution in [2.75, 3.05) is 6.54 Å². The van der Waals surface area contributed by atoms with Gasteiger partial charge in [-0.2, -0.15) is 5.10 Å². The number of fused-ring (bicyclic) bond motifs is 1. The zero-order chi connectivity index (χ0) is 12.7. The Balaban J connectivity index is 1.95. The first-order valence-corrected chi connectivity index (χ1v) is 6.57. The summed E-state index contributed by atoms with van der Waals surface area (Å²) in [6.45, 7) is 5.30. The molecule has 2 heterocycles. The second kappa shape index (κ2) is 4.37. The van der Waals surface area contributed by atoms with Gasteiger partial charge in [-0.05, 0) is 42.5 Å². The number of aromatic amines is 1. The van der Waals surface area contributed by atoms with Crippen LogP contribution in [0.1, 0.15) is 30.5 Å². The topological polar surface area (TPSA) is 66.7 Å². The number of nitrogens with two attached hydrogens (primary N) is 1. The number of hydrogen-bond donors (Lipinski definition) is 3. The Kier molecular flexibility index (Phi) is 2.84. The average molecular weight is 244 g/mol. The Bertz CT molecular complexity index is 560. The quantitative estimate of drug-likeness (QED) is 0.717. The second-order valence-electron chi connectivity index (χ2n) is 5.50. The van der Waals surface area contributed by atoms with Crippen LogP contribution in [-0.4, -0.2) is 22.8 Å². The van der Waals surface area contributed by atoms with Gasteiger partial charge in [0, 0.05) is 24.0 Å². The van der Waals surface area contributed by atoms with E-state index in [1.807, 2.05) is 6.20 Å². The number of benzene rings is 1. The maximum Gasteiger partial charge on any atom is 0.0653 e. The summed E-state index contributed by atoms with van der Waals surface area (Å²) in [5.74, 6) is 0.563. The van der Waals surface area contributed by atoms with Gasteiger partial charge in [-0.25, -0.2) is 0 Å². The van der Waals surface area contributed by atoms with Crippen molar-refractivity contribution >= 4 is 10.9 Å². The van der Waals surface area contributed by atoms with Crippen molar-refractivity contribution in [1.29, 1.82) is 0 Å². The summed E-state index contributed by atoms with van der Waals surface area (Å²) in [6, 6.07) is 5.11. The lowest BCUT2D eigenvalue weighted by Gasteiger charge is -2.34. The number of rotatable bonds is 1. The summed E-state index contributed by atoms with van der Waals surface area (Å²) < 4.78 is 0. The molecule has 1 aliphatic rings. The number of H-pyrrole nitrogens is 1. The highest BCUT2D eigenvalue weighted by molar-refractivity contribution is 5.79. The summed E-state index contributed by atoms with van der Waals surface area (Å²) in [5, 5.41) is 11.9. The lowest BCUT2D eigenvalue weighted by atomic mass is 9.85. The van der Waals surface area contributed by atoms with Crippen molar-refractivity contribution in [1.82, 2.24) is 15.5 Å². The Morgan fingerprint density at radius 2 is 2.22 bits per heavy atom. The third kappa shape index (κ3) is 1.91. The smallest absolute Gasteiger partial charge is 0.0653 e. The first kappa shape index (κ1) is 11.7. The van der Waals surface area contributed by atoms with E-state index in [0.29, 0.717) is 12.0 Å². The predicted molar refractivity (Wildman–Crippen MR) is 73.3 cm³/mol. The Morgan fingerprint density at radius 1 is 1.39 bits per heavy atom. The average Bonchev–Trinajstić information content (AvgIpc) is 2.79. The lowest BCUT2D eigenvalue weighted by Crippen LogP contribution is -2.46. The fraction of sp³-hybridized carbons (Fsp3) is 0.500. The first-order chi connectivity index (χ1) is 8.65. The van der Waals surface area contributed by atoms with E-state index in [1.165, 1.54) is 16.5 Å². The molecule has 3 unspecified atom stereocenters. The summed E-state index contributed by atoms with van der Waals surface area (Å²) in [4.78, 5) is 0. The van der Waals surface area contributed by atoms with Gasteiger partial charge < -0.3 is 11.1 Å². The third-order valence-electron chi connectivity index (χ3n) is 4.14. The van der Waals surface area contributed by atoms with Crippen LogP contribution in [0.15, 0.2) is 18.3 Å². The van der Waals surface area contributed by atoms with Gasteiger partial charge in [0.25, 0.3) is 0 Å². The molecule has 0 amide bonds. The van der Waals surface area contributed by atoms with Gasteiger partial charge in [-0.1, -0.05) is 6.92 Å². The van der Waals surface area contributed by atoms with E-state index in [-0.39, 0.29) is 6.04 Å². The fourth-order valence-electron chi connectivity index (χ4n) is 2.84. The van der Waals surface area contributed by atoms with Gasteiger partial charge in [0.1, 0.15) is 0 Å². The molecule has 1 aliphatic heterocycles. The molecule has 0 saturated carbocycles. The third-order valence-corrected chi connectivity index (χ3v) is 4.14. The molecule has 2 aromatic rings. The van der Waals surface area contributed by atoms with Crippen molar-refractivity contribution in [3.63, 3.8) is 0 Å². The van der Waals surface area contributed by atoms with Crippen LogP contribution < -0.4 is 11.1 Å². The van der Waals surface area contributed by atoms with Gasteiger partial charge in [-0.15, -0.1) is 0 Å². The molecule has 1 aromatic carbocycles. The van der Waals surface area contributed by atoms with Crippen molar-refractivity contribution in [2.45, 2.75) is 32.4 Å². The number of nitrogens with zero attached hydrogens (tertiary/aromatic N) is 1. The van der Waals surface area contributed by atoms with Crippen LogP contribution in [0.2, 0.25) is 0 Å². The van der Waals surface area contributed by atoms with Crippen LogP contribution in [0.4, 0.5) is 0 Å². The van der Waals surface area contributed by atoms with E-state index in [1.54, 1.807) is 0 Å². The minimum atomic E-state index is 0.275. The first-order valence-electron chi connectivity index (χ1n) is 6.57. The standard InChI is InChI=1S/C14H20N4/c1-8-3-10-6-17-18-13(10)5-11(8)14-4-9(2)12(15)7-16-14/h3,5-6,9,12,14,16H,4,7,15H2,1-2H3,(H,17,18). The molecular weight excluding hydrogens is 224 g/mol. The summed E-state index contributed by atoms with van der Waals surface area (Å²) in [6.07, 6.45) is 2.97. The molecule has 4 N–H and O–H groups in total. The van der Waals surface area contributed by atoms with Crippen LogP contribution in [0, 0.1) is 12.8 Å². The summed E-state index contributed by atoms with van der Waals surface area (Å²) >= 11 is 0.